The summed E-state index contributed by atoms with van der Waals surface area (Å²) in [5.74, 6) is -1.19. The summed E-state index contributed by atoms with van der Waals surface area (Å²) in [6, 6.07) is 26.2. The molecule has 0 radical (unpaired) electrons. The highest BCUT2D eigenvalue weighted by Gasteiger charge is 2.39. The molecule has 0 bridgehead atoms. The number of amidine groups is 1. The van der Waals surface area contributed by atoms with Crippen LogP contribution in [0.5, 0.6) is 0 Å². The maximum absolute atomic E-state index is 14.0. The van der Waals surface area contributed by atoms with E-state index in [4.69, 9.17) is 15.9 Å². The molecule has 1 saturated heterocycles. The number of nitrogen functional groups attached to an aromatic ring is 1. The number of esters is 1. The highest BCUT2D eigenvalue weighted by atomic mass is 32.2. The second-order valence-corrected chi connectivity index (χ2v) is 12.0. The number of rotatable bonds is 10. The van der Waals surface area contributed by atoms with Gasteiger partial charge in [0.1, 0.15) is 24.5 Å². The van der Waals surface area contributed by atoms with Crippen LogP contribution in [0.25, 0.3) is 10.8 Å². The van der Waals surface area contributed by atoms with Gasteiger partial charge in [0.25, 0.3) is 0 Å². The van der Waals surface area contributed by atoms with Gasteiger partial charge in [-0.25, -0.2) is 13.2 Å². The Balaban J connectivity index is 1.41. The van der Waals surface area contributed by atoms with Gasteiger partial charge in [0.05, 0.1) is 4.90 Å². The molecule has 1 amide bonds. The Morgan fingerprint density at radius 1 is 0.929 bits per heavy atom. The highest BCUT2D eigenvalue weighted by molar-refractivity contribution is 7.89. The zero-order valence-corrected chi connectivity index (χ0v) is 23.7. The van der Waals surface area contributed by atoms with Crippen LogP contribution < -0.4 is 10.5 Å². The predicted molar refractivity (Wildman–Crippen MR) is 160 cm³/mol. The maximum atomic E-state index is 14.0. The molecular formula is C32H32N4O5S. The summed E-state index contributed by atoms with van der Waals surface area (Å²) in [6.45, 7) is 0.375. The molecule has 1 fully saturated rings. The summed E-state index contributed by atoms with van der Waals surface area (Å²) in [5, 5.41) is 9.41. The number of ether oxygens (including phenoxy) is 1. The molecule has 0 aromatic heterocycles. The van der Waals surface area contributed by atoms with E-state index in [1.807, 2.05) is 54.6 Å². The van der Waals surface area contributed by atoms with Crippen LogP contribution in [0.3, 0.4) is 0 Å². The van der Waals surface area contributed by atoms with Crippen LogP contribution in [0.2, 0.25) is 0 Å². The van der Waals surface area contributed by atoms with Gasteiger partial charge in [0.15, 0.2) is 0 Å². The van der Waals surface area contributed by atoms with Gasteiger partial charge in [0.2, 0.25) is 15.9 Å². The van der Waals surface area contributed by atoms with E-state index in [2.05, 4.69) is 4.72 Å². The Kier molecular flexibility index (Phi) is 8.65. The molecule has 0 aliphatic carbocycles. The first kappa shape index (κ1) is 29.0. The molecular weight excluding hydrogens is 552 g/mol. The molecule has 1 aliphatic rings. The minimum atomic E-state index is -4.14. The molecule has 0 saturated carbocycles. The fourth-order valence-corrected chi connectivity index (χ4v) is 6.40. The Labute approximate surface area is 244 Å². The van der Waals surface area contributed by atoms with E-state index < -0.39 is 34.0 Å². The van der Waals surface area contributed by atoms with Gasteiger partial charge < -0.3 is 15.4 Å². The molecule has 2 unspecified atom stereocenters. The molecule has 4 aromatic rings. The van der Waals surface area contributed by atoms with Crippen LogP contribution >= 0.6 is 0 Å². The van der Waals surface area contributed by atoms with Gasteiger partial charge in [-0.2, -0.15) is 4.72 Å². The zero-order valence-electron chi connectivity index (χ0n) is 22.9. The maximum Gasteiger partial charge on any atom is 0.329 e. The van der Waals surface area contributed by atoms with Crippen LogP contribution in [0, 0.1) is 5.41 Å². The number of hydrogen-bond donors (Lipinski definition) is 3. The molecule has 4 aromatic carbocycles. The Bertz CT molecular complexity index is 1730. The van der Waals surface area contributed by atoms with Crippen molar-refractivity contribution in [3.8, 4) is 0 Å². The van der Waals surface area contributed by atoms with Crippen LogP contribution in [0.1, 0.15) is 29.5 Å². The molecule has 2 atom stereocenters. The first-order valence-corrected chi connectivity index (χ1v) is 15.1. The fourth-order valence-electron chi connectivity index (χ4n) is 5.17. The van der Waals surface area contributed by atoms with Crippen molar-refractivity contribution in [2.24, 2.45) is 5.73 Å². The SMILES string of the molecule is N=C(N)c1cccc(CC(NS(=O)(=O)c2ccc3ccccc3c2)C(=O)N2CCCC2C(=O)OCc2ccccc2)c1. The number of nitrogens with two attached hydrogens (primary N) is 1. The second-order valence-electron chi connectivity index (χ2n) is 10.3. The largest absolute Gasteiger partial charge is 0.459 e. The van der Waals surface area contributed by atoms with Gasteiger partial charge in [0, 0.05) is 12.1 Å². The monoisotopic (exact) mass is 584 g/mol. The van der Waals surface area contributed by atoms with E-state index >= 15 is 0 Å². The molecule has 216 valence electrons. The second kappa shape index (κ2) is 12.5. The number of fused-ring (bicyclic) bond motifs is 1. The summed E-state index contributed by atoms with van der Waals surface area (Å²) in [5.41, 5.74) is 7.56. The average Bonchev–Trinajstić information content (AvgIpc) is 3.50. The number of carbonyl (C=O) groups is 2. The summed E-state index contributed by atoms with van der Waals surface area (Å²) in [7, 11) is -4.14. The summed E-state index contributed by atoms with van der Waals surface area (Å²) >= 11 is 0. The van der Waals surface area contributed by atoms with Crippen LogP contribution in [0.4, 0.5) is 0 Å². The number of carbonyl (C=O) groups excluding carboxylic acids is 2. The van der Waals surface area contributed by atoms with Gasteiger partial charge in [-0.05, 0) is 59.4 Å². The number of hydrogen-bond acceptors (Lipinski definition) is 6. The molecule has 5 rings (SSSR count). The molecule has 10 heteroatoms. The molecule has 42 heavy (non-hydrogen) atoms. The van der Waals surface area contributed by atoms with Gasteiger partial charge >= 0.3 is 5.97 Å². The quantitative estimate of drug-likeness (QED) is 0.147. The summed E-state index contributed by atoms with van der Waals surface area (Å²) in [6.07, 6.45) is 0.999. The van der Waals surface area contributed by atoms with E-state index in [1.165, 1.54) is 11.0 Å². The van der Waals surface area contributed by atoms with Crippen LogP contribution in [-0.4, -0.2) is 49.7 Å². The Morgan fingerprint density at radius 2 is 1.64 bits per heavy atom. The standard InChI is InChI=1S/C32H32N4O5S/c33-30(34)26-13-6-10-23(18-26)19-28(35-42(39,40)27-16-15-24-11-4-5-12-25(24)20-27)31(37)36-17-7-14-29(36)32(38)41-21-22-8-2-1-3-9-22/h1-6,8-13,15-16,18,20,28-29,35H,7,14,17,19,21H2,(H3,33,34). The Hall–Kier alpha value is -4.54. The molecule has 0 spiro atoms. The predicted octanol–water partition coefficient (Wildman–Crippen LogP) is 3.75. The van der Waals surface area contributed by atoms with Crippen LogP contribution in [-0.2, 0) is 37.4 Å². The van der Waals surface area contributed by atoms with Gasteiger partial charge in [-0.15, -0.1) is 0 Å². The normalized spacial score (nSPS) is 15.8. The average molecular weight is 585 g/mol. The first-order valence-electron chi connectivity index (χ1n) is 13.7. The van der Waals surface area contributed by atoms with Crippen molar-refractivity contribution >= 4 is 38.5 Å². The minimum Gasteiger partial charge on any atom is -0.459 e. The van der Waals surface area contributed by atoms with Crippen LogP contribution in [0.15, 0.2) is 102 Å². The zero-order chi connectivity index (χ0) is 29.7. The van der Waals surface area contributed by atoms with E-state index in [9.17, 15) is 18.0 Å². The Morgan fingerprint density at radius 3 is 2.40 bits per heavy atom. The van der Waals surface area contributed by atoms with Gasteiger partial charge in [-0.1, -0.05) is 78.9 Å². The molecule has 9 nitrogen and oxygen atoms in total. The molecule has 4 N–H and O–H groups in total. The lowest BCUT2D eigenvalue weighted by Crippen LogP contribution is -2.52. The van der Waals surface area contributed by atoms with E-state index in [1.54, 1.807) is 36.4 Å². The number of amides is 1. The third-order valence-corrected chi connectivity index (χ3v) is 8.81. The smallest absolute Gasteiger partial charge is 0.329 e. The third-order valence-electron chi connectivity index (χ3n) is 7.34. The summed E-state index contributed by atoms with van der Waals surface area (Å²) in [4.78, 5) is 28.5. The van der Waals surface area contributed by atoms with Crippen molar-refractivity contribution < 1.29 is 22.7 Å². The van der Waals surface area contributed by atoms with Crippen molar-refractivity contribution in [3.63, 3.8) is 0 Å². The van der Waals surface area contributed by atoms with Crippen molar-refractivity contribution in [3.05, 3.63) is 114 Å². The topological polar surface area (TPSA) is 143 Å². The number of nitrogens with one attached hydrogen (secondary N) is 2. The first-order chi connectivity index (χ1) is 20.2. The van der Waals surface area contributed by atoms with E-state index in [0.717, 1.165) is 16.3 Å². The highest BCUT2D eigenvalue weighted by Crippen LogP contribution is 2.24. The number of nitrogens with zero attached hydrogens (tertiary/aromatic N) is 1. The lowest BCUT2D eigenvalue weighted by molar-refractivity contribution is -0.155. The van der Waals surface area contributed by atoms with Gasteiger partial charge in [-0.3, -0.25) is 10.2 Å². The van der Waals surface area contributed by atoms with E-state index in [-0.39, 0.29) is 23.8 Å². The minimum absolute atomic E-state index is 0.00491. The fraction of sp³-hybridized carbons (Fsp3) is 0.219. The van der Waals surface area contributed by atoms with E-state index in [0.29, 0.717) is 30.5 Å². The van der Waals surface area contributed by atoms with Crippen molar-refractivity contribution in [2.75, 3.05) is 6.54 Å². The third kappa shape index (κ3) is 6.67. The van der Waals surface area contributed by atoms with Crippen molar-refractivity contribution in [1.29, 1.82) is 5.41 Å². The lowest BCUT2D eigenvalue weighted by Gasteiger charge is -2.28. The number of likely N-dealkylation sites (tertiary alicyclic amines) is 1. The van der Waals surface area contributed by atoms with Crippen molar-refractivity contribution in [1.82, 2.24) is 9.62 Å². The van der Waals surface area contributed by atoms with Crippen molar-refractivity contribution in [2.45, 2.75) is 42.8 Å². The number of sulfonamides is 1. The number of benzene rings is 4. The summed E-state index contributed by atoms with van der Waals surface area (Å²) < 4.78 is 35.4. The molecule has 1 heterocycles. The lowest BCUT2D eigenvalue weighted by atomic mass is 10.0. The molecule has 1 aliphatic heterocycles.